The zero-order chi connectivity index (χ0) is 12.3. The second-order valence-corrected chi connectivity index (χ2v) is 5.57. The normalized spacial score (nSPS) is 38.7. The number of aliphatic hydroxyl groups is 1. The molecule has 2 rings (SSSR count). The molecule has 2 atom stereocenters. The van der Waals surface area contributed by atoms with Gasteiger partial charge in [0.05, 0.1) is 12.1 Å². The van der Waals surface area contributed by atoms with Gasteiger partial charge in [0.25, 0.3) is 0 Å². The minimum atomic E-state index is -0.158. The maximum atomic E-state index is 12.1. The summed E-state index contributed by atoms with van der Waals surface area (Å²) in [7, 11) is 0. The Bertz CT molecular complexity index is 262. The van der Waals surface area contributed by atoms with Crippen molar-refractivity contribution in [2.45, 2.75) is 63.6 Å². The molecule has 17 heavy (non-hydrogen) atoms. The van der Waals surface area contributed by atoms with Crippen molar-refractivity contribution in [3.8, 4) is 0 Å². The molecule has 2 fully saturated rings. The molecule has 1 saturated carbocycles. The lowest BCUT2D eigenvalue weighted by Crippen LogP contribution is -2.53. The molecule has 4 nitrogen and oxygen atoms in total. The highest BCUT2D eigenvalue weighted by Crippen LogP contribution is 2.20. The van der Waals surface area contributed by atoms with Crippen LogP contribution in [0.15, 0.2) is 0 Å². The Labute approximate surface area is 103 Å². The van der Waals surface area contributed by atoms with Crippen LogP contribution < -0.4 is 10.6 Å². The Morgan fingerprint density at radius 1 is 1.24 bits per heavy atom. The van der Waals surface area contributed by atoms with Crippen molar-refractivity contribution in [1.29, 1.82) is 0 Å². The number of hydrogen-bond donors (Lipinski definition) is 3. The van der Waals surface area contributed by atoms with E-state index in [1.807, 2.05) is 0 Å². The van der Waals surface area contributed by atoms with Crippen LogP contribution in [-0.2, 0) is 4.79 Å². The molecule has 1 amide bonds. The summed E-state index contributed by atoms with van der Waals surface area (Å²) in [5.74, 6) is 0.580. The lowest BCUT2D eigenvalue weighted by Gasteiger charge is -2.32. The Morgan fingerprint density at radius 3 is 2.59 bits per heavy atom. The minimum Gasteiger partial charge on any atom is -0.393 e. The van der Waals surface area contributed by atoms with Gasteiger partial charge in [0.2, 0.25) is 5.91 Å². The molecule has 1 heterocycles. The zero-order valence-electron chi connectivity index (χ0n) is 10.6. The van der Waals surface area contributed by atoms with Crippen LogP contribution >= 0.6 is 0 Å². The van der Waals surface area contributed by atoms with E-state index in [9.17, 15) is 9.90 Å². The van der Waals surface area contributed by atoms with Gasteiger partial charge in [-0.15, -0.1) is 0 Å². The summed E-state index contributed by atoms with van der Waals surface area (Å²) in [6.07, 6.45) is 5.60. The van der Waals surface area contributed by atoms with Crippen molar-refractivity contribution in [1.82, 2.24) is 10.6 Å². The molecule has 3 N–H and O–H groups in total. The predicted octanol–water partition coefficient (Wildman–Crippen LogP) is 0.794. The molecule has 0 spiro atoms. The number of carbonyl (C=O) groups is 1. The molecule has 1 saturated heterocycles. The third-order valence-electron chi connectivity index (χ3n) is 4.10. The summed E-state index contributed by atoms with van der Waals surface area (Å²) >= 11 is 0. The fraction of sp³-hybridized carbons (Fsp3) is 0.923. The number of piperidine rings is 1. The van der Waals surface area contributed by atoms with Crippen molar-refractivity contribution in [3.63, 3.8) is 0 Å². The van der Waals surface area contributed by atoms with Crippen molar-refractivity contribution in [2.75, 3.05) is 6.54 Å². The first-order valence-corrected chi connectivity index (χ1v) is 6.88. The highest BCUT2D eigenvalue weighted by Gasteiger charge is 2.29. The van der Waals surface area contributed by atoms with E-state index in [1.165, 1.54) is 6.42 Å². The van der Waals surface area contributed by atoms with Crippen LogP contribution in [-0.4, -0.2) is 35.7 Å². The average Bonchev–Trinajstić information content (AvgIpc) is 2.32. The Hall–Kier alpha value is -0.610. The van der Waals surface area contributed by atoms with E-state index < -0.39 is 0 Å². The Balaban J connectivity index is 1.79. The lowest BCUT2D eigenvalue weighted by atomic mass is 9.90. The predicted molar refractivity (Wildman–Crippen MR) is 66.6 cm³/mol. The molecular formula is C13H24N2O2. The van der Waals surface area contributed by atoms with Gasteiger partial charge in [-0.2, -0.15) is 0 Å². The third kappa shape index (κ3) is 3.42. The highest BCUT2D eigenvalue weighted by molar-refractivity contribution is 5.82. The minimum absolute atomic E-state index is 0.0180. The van der Waals surface area contributed by atoms with Gasteiger partial charge in [-0.25, -0.2) is 0 Å². The van der Waals surface area contributed by atoms with Gasteiger partial charge in [0, 0.05) is 6.04 Å². The van der Waals surface area contributed by atoms with Crippen LogP contribution in [0.3, 0.4) is 0 Å². The summed E-state index contributed by atoms with van der Waals surface area (Å²) < 4.78 is 0. The van der Waals surface area contributed by atoms with Gasteiger partial charge in [0.15, 0.2) is 0 Å². The van der Waals surface area contributed by atoms with E-state index in [2.05, 4.69) is 17.6 Å². The van der Waals surface area contributed by atoms with Crippen LogP contribution in [0.2, 0.25) is 0 Å². The van der Waals surface area contributed by atoms with Crippen LogP contribution in [0.1, 0.15) is 45.4 Å². The first-order chi connectivity index (χ1) is 8.16. The summed E-state index contributed by atoms with van der Waals surface area (Å²) in [5, 5.41) is 15.9. The molecule has 0 aromatic rings. The summed E-state index contributed by atoms with van der Waals surface area (Å²) in [4.78, 5) is 12.1. The second kappa shape index (κ2) is 5.83. The number of nitrogens with one attached hydrogen (secondary N) is 2. The van der Waals surface area contributed by atoms with Crippen LogP contribution in [0.5, 0.6) is 0 Å². The third-order valence-corrected chi connectivity index (χ3v) is 4.10. The summed E-state index contributed by atoms with van der Waals surface area (Å²) in [6, 6.07) is 0.248. The van der Waals surface area contributed by atoms with Gasteiger partial charge in [-0.05, 0) is 51.0 Å². The standard InChI is InChI=1S/C13H24N2O2/c1-9-3-2-8-14-12(9)13(17)15-10-4-6-11(16)7-5-10/h9-12,14,16H,2-8H2,1H3,(H,15,17). The molecule has 1 aliphatic carbocycles. The van der Waals surface area contributed by atoms with Crippen molar-refractivity contribution in [2.24, 2.45) is 5.92 Å². The molecule has 1 aliphatic heterocycles. The average molecular weight is 240 g/mol. The Kier molecular flexibility index (Phi) is 4.40. The zero-order valence-corrected chi connectivity index (χ0v) is 10.6. The molecule has 2 unspecified atom stereocenters. The fourth-order valence-corrected chi connectivity index (χ4v) is 2.91. The number of hydrogen-bond acceptors (Lipinski definition) is 3. The van der Waals surface area contributed by atoms with Crippen LogP contribution in [0.4, 0.5) is 0 Å². The van der Waals surface area contributed by atoms with Gasteiger partial charge >= 0.3 is 0 Å². The molecule has 0 aromatic heterocycles. The van der Waals surface area contributed by atoms with Crippen LogP contribution in [0.25, 0.3) is 0 Å². The monoisotopic (exact) mass is 240 g/mol. The van der Waals surface area contributed by atoms with Crippen molar-refractivity contribution < 1.29 is 9.90 Å². The topological polar surface area (TPSA) is 61.4 Å². The van der Waals surface area contributed by atoms with Gasteiger partial charge < -0.3 is 15.7 Å². The van der Waals surface area contributed by atoms with Gasteiger partial charge in [-0.3, -0.25) is 4.79 Å². The SMILES string of the molecule is CC1CCCNC1C(=O)NC1CCC(O)CC1. The van der Waals surface area contributed by atoms with E-state index in [4.69, 9.17) is 0 Å². The first kappa shape index (κ1) is 12.8. The van der Waals surface area contributed by atoms with Gasteiger partial charge in [-0.1, -0.05) is 6.92 Å². The first-order valence-electron chi connectivity index (χ1n) is 6.88. The molecule has 0 bridgehead atoms. The Morgan fingerprint density at radius 2 is 1.94 bits per heavy atom. The van der Waals surface area contributed by atoms with E-state index in [-0.39, 0.29) is 24.1 Å². The molecule has 0 aromatic carbocycles. The lowest BCUT2D eigenvalue weighted by molar-refractivity contribution is -0.126. The maximum Gasteiger partial charge on any atom is 0.237 e. The maximum absolute atomic E-state index is 12.1. The molecule has 4 heteroatoms. The van der Waals surface area contributed by atoms with Crippen LogP contribution in [0, 0.1) is 5.92 Å². The fourth-order valence-electron chi connectivity index (χ4n) is 2.91. The van der Waals surface area contributed by atoms with E-state index >= 15 is 0 Å². The van der Waals surface area contributed by atoms with Crippen molar-refractivity contribution in [3.05, 3.63) is 0 Å². The van der Waals surface area contributed by atoms with E-state index in [0.29, 0.717) is 5.92 Å². The number of carbonyl (C=O) groups excluding carboxylic acids is 1. The van der Waals surface area contributed by atoms with Gasteiger partial charge in [0.1, 0.15) is 0 Å². The summed E-state index contributed by atoms with van der Waals surface area (Å²) in [6.45, 7) is 3.09. The number of aliphatic hydroxyl groups excluding tert-OH is 1. The quantitative estimate of drug-likeness (QED) is 0.669. The summed E-state index contributed by atoms with van der Waals surface area (Å²) in [5.41, 5.74) is 0. The van der Waals surface area contributed by atoms with E-state index in [0.717, 1.165) is 38.6 Å². The smallest absolute Gasteiger partial charge is 0.237 e. The number of rotatable bonds is 2. The molecule has 2 aliphatic rings. The highest BCUT2D eigenvalue weighted by atomic mass is 16.3. The van der Waals surface area contributed by atoms with E-state index in [1.54, 1.807) is 0 Å². The molecule has 0 radical (unpaired) electrons. The number of amides is 1. The van der Waals surface area contributed by atoms with Crippen molar-refractivity contribution >= 4 is 5.91 Å². The second-order valence-electron chi connectivity index (χ2n) is 5.57. The molecular weight excluding hydrogens is 216 g/mol. The largest absolute Gasteiger partial charge is 0.393 e. The molecule has 98 valence electrons.